The zero-order valence-corrected chi connectivity index (χ0v) is 11.0. The van der Waals surface area contributed by atoms with Crippen LogP contribution in [0.3, 0.4) is 0 Å². The molecule has 0 aliphatic rings. The lowest BCUT2D eigenvalue weighted by Gasteiger charge is -2.06. The standard InChI is InChI=1S/C13H14BrNO/c1-9-3-5-11(15-8-9)7-12(14)13-6-4-10(2)16-13/h3-6,8,12H,7H2,1-2H3. The molecule has 2 aromatic rings. The third kappa shape index (κ3) is 2.73. The Morgan fingerprint density at radius 2 is 2.06 bits per heavy atom. The first kappa shape index (κ1) is 11.4. The lowest BCUT2D eigenvalue weighted by atomic mass is 10.1. The minimum Gasteiger partial charge on any atom is -0.465 e. The zero-order chi connectivity index (χ0) is 11.5. The summed E-state index contributed by atoms with van der Waals surface area (Å²) in [5.74, 6) is 1.90. The summed E-state index contributed by atoms with van der Waals surface area (Å²) in [6.45, 7) is 3.99. The van der Waals surface area contributed by atoms with Crippen molar-refractivity contribution in [2.75, 3.05) is 0 Å². The molecular formula is C13H14BrNO. The second-order valence-electron chi connectivity index (χ2n) is 3.95. The molecular weight excluding hydrogens is 266 g/mol. The van der Waals surface area contributed by atoms with Gasteiger partial charge in [-0.15, -0.1) is 0 Å². The number of aryl methyl sites for hydroxylation is 2. The number of alkyl halides is 1. The first-order chi connectivity index (χ1) is 7.65. The molecule has 1 unspecified atom stereocenters. The van der Waals surface area contributed by atoms with Crippen molar-refractivity contribution < 1.29 is 4.42 Å². The minimum atomic E-state index is 0.191. The summed E-state index contributed by atoms with van der Waals surface area (Å²) in [5, 5.41) is 0. The summed E-state index contributed by atoms with van der Waals surface area (Å²) in [7, 11) is 0. The lowest BCUT2D eigenvalue weighted by Crippen LogP contribution is -1.96. The second-order valence-corrected chi connectivity index (χ2v) is 5.05. The maximum atomic E-state index is 5.57. The number of rotatable bonds is 3. The molecule has 0 aliphatic carbocycles. The topological polar surface area (TPSA) is 26.0 Å². The van der Waals surface area contributed by atoms with Crippen LogP contribution in [0.2, 0.25) is 0 Å². The van der Waals surface area contributed by atoms with Gasteiger partial charge >= 0.3 is 0 Å². The van der Waals surface area contributed by atoms with Gasteiger partial charge in [-0.1, -0.05) is 22.0 Å². The van der Waals surface area contributed by atoms with Crippen LogP contribution in [0.1, 0.15) is 27.6 Å². The summed E-state index contributed by atoms with van der Waals surface area (Å²) in [5.41, 5.74) is 2.25. The Balaban J connectivity index is 2.07. The Kier molecular flexibility index (Phi) is 3.44. The molecule has 0 bridgehead atoms. The lowest BCUT2D eigenvalue weighted by molar-refractivity contribution is 0.480. The molecule has 0 N–H and O–H groups in total. The van der Waals surface area contributed by atoms with E-state index in [1.165, 1.54) is 5.56 Å². The Labute approximate surface area is 104 Å². The van der Waals surface area contributed by atoms with Gasteiger partial charge in [-0.25, -0.2) is 0 Å². The minimum absolute atomic E-state index is 0.191. The van der Waals surface area contributed by atoms with Crippen LogP contribution in [-0.2, 0) is 6.42 Å². The third-order valence-corrected chi connectivity index (χ3v) is 3.21. The molecule has 0 spiro atoms. The summed E-state index contributed by atoms with van der Waals surface area (Å²) in [6.07, 6.45) is 2.73. The highest BCUT2D eigenvalue weighted by atomic mass is 79.9. The van der Waals surface area contributed by atoms with Gasteiger partial charge in [0.25, 0.3) is 0 Å². The highest BCUT2D eigenvalue weighted by molar-refractivity contribution is 9.09. The van der Waals surface area contributed by atoms with Gasteiger partial charge < -0.3 is 4.42 Å². The summed E-state index contributed by atoms with van der Waals surface area (Å²) < 4.78 is 5.57. The van der Waals surface area contributed by atoms with E-state index in [9.17, 15) is 0 Å². The van der Waals surface area contributed by atoms with Crippen molar-refractivity contribution in [2.45, 2.75) is 25.1 Å². The number of furan rings is 1. The van der Waals surface area contributed by atoms with Crippen LogP contribution >= 0.6 is 15.9 Å². The predicted molar refractivity (Wildman–Crippen MR) is 67.8 cm³/mol. The van der Waals surface area contributed by atoms with E-state index in [1.807, 2.05) is 32.2 Å². The summed E-state index contributed by atoms with van der Waals surface area (Å²) in [4.78, 5) is 4.57. The number of pyridine rings is 1. The van der Waals surface area contributed by atoms with Crippen molar-refractivity contribution in [2.24, 2.45) is 0 Å². The molecule has 0 aliphatic heterocycles. The van der Waals surface area contributed by atoms with Gasteiger partial charge in [0.2, 0.25) is 0 Å². The Hall–Kier alpha value is -1.09. The smallest absolute Gasteiger partial charge is 0.118 e. The van der Waals surface area contributed by atoms with Crippen molar-refractivity contribution >= 4 is 15.9 Å². The van der Waals surface area contributed by atoms with Gasteiger partial charge in [0.15, 0.2) is 0 Å². The van der Waals surface area contributed by atoms with Crippen LogP contribution in [-0.4, -0.2) is 4.98 Å². The molecule has 2 heterocycles. The first-order valence-corrected chi connectivity index (χ1v) is 6.18. The van der Waals surface area contributed by atoms with Crippen molar-refractivity contribution in [3.05, 3.63) is 53.2 Å². The fourth-order valence-electron chi connectivity index (χ4n) is 1.53. The van der Waals surface area contributed by atoms with Crippen LogP contribution < -0.4 is 0 Å². The largest absolute Gasteiger partial charge is 0.465 e. The van der Waals surface area contributed by atoms with E-state index >= 15 is 0 Å². The molecule has 0 saturated carbocycles. The van der Waals surface area contributed by atoms with E-state index in [0.717, 1.165) is 23.6 Å². The van der Waals surface area contributed by atoms with Crippen LogP contribution in [0.5, 0.6) is 0 Å². The van der Waals surface area contributed by atoms with E-state index in [4.69, 9.17) is 4.42 Å². The molecule has 0 aromatic carbocycles. The molecule has 0 radical (unpaired) electrons. The normalized spacial score (nSPS) is 12.7. The van der Waals surface area contributed by atoms with Crippen molar-refractivity contribution in [1.29, 1.82) is 0 Å². The quantitative estimate of drug-likeness (QED) is 0.795. The molecule has 2 rings (SSSR count). The highest BCUT2D eigenvalue weighted by Gasteiger charge is 2.12. The van der Waals surface area contributed by atoms with Crippen molar-refractivity contribution in [3.63, 3.8) is 0 Å². The molecule has 1 atom stereocenters. The fourth-order valence-corrected chi connectivity index (χ4v) is 2.10. The molecule has 0 saturated heterocycles. The van der Waals surface area contributed by atoms with Gasteiger partial charge in [0, 0.05) is 18.3 Å². The Morgan fingerprint density at radius 3 is 2.62 bits per heavy atom. The van der Waals surface area contributed by atoms with Gasteiger partial charge in [-0.05, 0) is 37.6 Å². The Bertz CT molecular complexity index is 461. The molecule has 3 heteroatoms. The number of halogens is 1. The third-order valence-electron chi connectivity index (χ3n) is 2.43. The monoisotopic (exact) mass is 279 g/mol. The number of hydrogen-bond acceptors (Lipinski definition) is 2. The Morgan fingerprint density at radius 1 is 1.25 bits per heavy atom. The van der Waals surface area contributed by atoms with Crippen LogP contribution in [0, 0.1) is 13.8 Å². The average molecular weight is 280 g/mol. The highest BCUT2D eigenvalue weighted by Crippen LogP contribution is 2.27. The second kappa shape index (κ2) is 4.83. The average Bonchev–Trinajstić information content (AvgIpc) is 2.68. The van der Waals surface area contributed by atoms with E-state index in [2.05, 4.69) is 33.0 Å². The van der Waals surface area contributed by atoms with Gasteiger partial charge in [0.05, 0.1) is 4.83 Å². The van der Waals surface area contributed by atoms with E-state index < -0.39 is 0 Å². The predicted octanol–water partition coefficient (Wildman–Crippen LogP) is 3.97. The SMILES string of the molecule is Cc1ccc(CC(Br)c2ccc(C)o2)nc1. The van der Waals surface area contributed by atoms with Crippen molar-refractivity contribution in [3.8, 4) is 0 Å². The van der Waals surface area contributed by atoms with Gasteiger partial charge in [-0.2, -0.15) is 0 Å². The molecule has 0 amide bonds. The first-order valence-electron chi connectivity index (χ1n) is 5.27. The van der Waals surface area contributed by atoms with Crippen LogP contribution in [0.4, 0.5) is 0 Å². The van der Waals surface area contributed by atoms with Crippen LogP contribution in [0.15, 0.2) is 34.9 Å². The van der Waals surface area contributed by atoms with E-state index in [0.29, 0.717) is 0 Å². The number of nitrogens with zero attached hydrogens (tertiary/aromatic N) is 1. The summed E-state index contributed by atoms with van der Waals surface area (Å²) >= 11 is 3.62. The molecule has 0 fully saturated rings. The van der Waals surface area contributed by atoms with Gasteiger partial charge in [0.1, 0.15) is 11.5 Å². The fraction of sp³-hybridized carbons (Fsp3) is 0.308. The molecule has 2 aromatic heterocycles. The number of hydrogen-bond donors (Lipinski definition) is 0. The maximum absolute atomic E-state index is 5.57. The van der Waals surface area contributed by atoms with Crippen LogP contribution in [0.25, 0.3) is 0 Å². The summed E-state index contributed by atoms with van der Waals surface area (Å²) in [6, 6.07) is 8.12. The van der Waals surface area contributed by atoms with Gasteiger partial charge in [-0.3, -0.25) is 4.98 Å². The van der Waals surface area contributed by atoms with Crippen molar-refractivity contribution in [1.82, 2.24) is 4.98 Å². The number of aromatic nitrogens is 1. The van der Waals surface area contributed by atoms with E-state index in [1.54, 1.807) is 0 Å². The van der Waals surface area contributed by atoms with E-state index in [-0.39, 0.29) is 4.83 Å². The molecule has 2 nitrogen and oxygen atoms in total. The molecule has 84 valence electrons. The maximum Gasteiger partial charge on any atom is 0.118 e. The molecule has 16 heavy (non-hydrogen) atoms. The zero-order valence-electron chi connectivity index (χ0n) is 9.40.